The minimum atomic E-state index is -1.35. The number of rotatable bonds is 9. The minimum absolute atomic E-state index is 0.103. The van der Waals surface area contributed by atoms with Crippen LogP contribution in [0.2, 0.25) is 0 Å². The van der Waals surface area contributed by atoms with E-state index in [4.69, 9.17) is 29.2 Å². The second-order valence-corrected chi connectivity index (χ2v) is 7.39. The number of ether oxygens (including phenoxy) is 4. The Bertz CT molecular complexity index is 1200. The molecule has 4 rings (SSSR count). The number of allylic oxidation sites excluding steroid dienone is 1. The Balaban J connectivity index is 1.38. The van der Waals surface area contributed by atoms with Crippen molar-refractivity contribution in [2.45, 2.75) is 18.9 Å². The maximum atomic E-state index is 12.7. The number of hydrogen-bond donors (Lipinski definition) is 3. The highest BCUT2D eigenvalue weighted by atomic mass is 16.7. The van der Waals surface area contributed by atoms with Crippen LogP contribution in [-0.4, -0.2) is 53.3 Å². The Kier molecular flexibility index (Phi) is 6.35. The van der Waals surface area contributed by atoms with Crippen molar-refractivity contribution < 1.29 is 48.3 Å². The monoisotopic (exact) mass is 469 g/mol. The van der Waals surface area contributed by atoms with Crippen LogP contribution in [0, 0.1) is 0 Å². The van der Waals surface area contributed by atoms with Gasteiger partial charge in [0.2, 0.25) is 12.6 Å². The standard InChI is InChI=1S/C23H19NO10/c25-20(24-15(23(29)30)4-6-21(26)27)10-31-13-2-3-14-17(9-13)34-19(22(14)28)8-12-1-5-16-18(7-12)33-11-32-16/h1-3,5,7-9,15H,4,6,10-11H2,(H,24,25)(H,26,27)(H,29,30)/b19-8-/t15-/m0/s1. The highest BCUT2D eigenvalue weighted by Gasteiger charge is 2.28. The summed E-state index contributed by atoms with van der Waals surface area (Å²) < 4.78 is 21.6. The van der Waals surface area contributed by atoms with E-state index < -0.39 is 36.9 Å². The van der Waals surface area contributed by atoms with E-state index in [9.17, 15) is 19.2 Å². The molecule has 2 aliphatic heterocycles. The van der Waals surface area contributed by atoms with Gasteiger partial charge in [-0.15, -0.1) is 0 Å². The SMILES string of the molecule is O=C(O)CC[C@H](NC(=O)COc1ccc2c(c1)O/C(=C\c1ccc3c(c1)OCO3)C2=O)C(=O)O. The first kappa shape index (κ1) is 22.6. The number of carboxylic acid groups (broad SMARTS) is 2. The van der Waals surface area contributed by atoms with Gasteiger partial charge in [0.1, 0.15) is 17.5 Å². The average molecular weight is 469 g/mol. The van der Waals surface area contributed by atoms with Gasteiger partial charge in [-0.2, -0.15) is 0 Å². The van der Waals surface area contributed by atoms with Crippen LogP contribution in [0.15, 0.2) is 42.2 Å². The maximum absolute atomic E-state index is 12.7. The maximum Gasteiger partial charge on any atom is 0.326 e. The molecule has 0 fully saturated rings. The zero-order chi connectivity index (χ0) is 24.2. The molecule has 1 amide bonds. The lowest BCUT2D eigenvalue weighted by Gasteiger charge is -2.14. The first-order chi connectivity index (χ1) is 16.3. The van der Waals surface area contributed by atoms with Gasteiger partial charge in [0.05, 0.1) is 5.56 Å². The third-order valence-corrected chi connectivity index (χ3v) is 4.99. The average Bonchev–Trinajstić information content (AvgIpc) is 3.38. The van der Waals surface area contributed by atoms with Crippen molar-refractivity contribution in [2.75, 3.05) is 13.4 Å². The van der Waals surface area contributed by atoms with Crippen LogP contribution in [0.25, 0.3) is 6.08 Å². The van der Waals surface area contributed by atoms with Crippen LogP contribution >= 0.6 is 0 Å². The molecule has 0 bridgehead atoms. The quantitative estimate of drug-likeness (QED) is 0.463. The third kappa shape index (κ3) is 5.09. The molecule has 0 aromatic heterocycles. The summed E-state index contributed by atoms with van der Waals surface area (Å²) in [5.74, 6) is -1.81. The molecule has 1 atom stereocenters. The van der Waals surface area contributed by atoms with Crippen molar-refractivity contribution in [1.82, 2.24) is 5.32 Å². The molecular formula is C23H19NO10. The van der Waals surface area contributed by atoms with E-state index in [0.29, 0.717) is 22.6 Å². The Morgan fingerprint density at radius 1 is 1.06 bits per heavy atom. The summed E-state index contributed by atoms with van der Waals surface area (Å²) in [6.07, 6.45) is 0.904. The first-order valence-electron chi connectivity index (χ1n) is 10.1. The van der Waals surface area contributed by atoms with E-state index in [1.165, 1.54) is 18.2 Å². The van der Waals surface area contributed by atoms with Gasteiger partial charge in [-0.25, -0.2) is 4.79 Å². The molecule has 0 saturated carbocycles. The largest absolute Gasteiger partial charge is 0.484 e. The van der Waals surface area contributed by atoms with Gasteiger partial charge < -0.3 is 34.5 Å². The van der Waals surface area contributed by atoms with E-state index in [1.54, 1.807) is 24.3 Å². The minimum Gasteiger partial charge on any atom is -0.484 e. The number of hydrogen-bond acceptors (Lipinski definition) is 8. The highest BCUT2D eigenvalue weighted by Crippen LogP contribution is 2.37. The summed E-state index contributed by atoms with van der Waals surface area (Å²) in [6, 6.07) is 8.29. The summed E-state index contributed by atoms with van der Waals surface area (Å²) in [5.41, 5.74) is 1.01. The fourth-order valence-corrected chi connectivity index (χ4v) is 3.32. The van der Waals surface area contributed by atoms with Gasteiger partial charge in [0.25, 0.3) is 5.91 Å². The number of nitrogens with one attached hydrogen (secondary N) is 1. The fraction of sp³-hybridized carbons (Fsp3) is 0.217. The van der Waals surface area contributed by atoms with Crippen molar-refractivity contribution in [3.63, 3.8) is 0 Å². The van der Waals surface area contributed by atoms with Gasteiger partial charge in [-0.3, -0.25) is 14.4 Å². The van der Waals surface area contributed by atoms with Crippen molar-refractivity contribution in [3.8, 4) is 23.0 Å². The topological polar surface area (TPSA) is 158 Å². The van der Waals surface area contributed by atoms with Gasteiger partial charge in [-0.05, 0) is 42.3 Å². The summed E-state index contributed by atoms with van der Waals surface area (Å²) in [5, 5.41) is 20.0. The summed E-state index contributed by atoms with van der Waals surface area (Å²) in [4.78, 5) is 46.5. The number of aliphatic carboxylic acids is 2. The van der Waals surface area contributed by atoms with Crippen molar-refractivity contribution >= 4 is 29.7 Å². The lowest BCUT2D eigenvalue weighted by atomic mass is 10.1. The van der Waals surface area contributed by atoms with Gasteiger partial charge >= 0.3 is 11.9 Å². The lowest BCUT2D eigenvalue weighted by molar-refractivity contribution is -0.143. The number of amides is 1. The summed E-state index contributed by atoms with van der Waals surface area (Å²) >= 11 is 0. The molecule has 2 aromatic carbocycles. The second-order valence-electron chi connectivity index (χ2n) is 7.39. The van der Waals surface area contributed by atoms with Crippen molar-refractivity contribution in [2.24, 2.45) is 0 Å². The van der Waals surface area contributed by atoms with Gasteiger partial charge in [0.15, 0.2) is 23.9 Å². The van der Waals surface area contributed by atoms with Crippen LogP contribution in [0.3, 0.4) is 0 Å². The molecule has 0 spiro atoms. The van der Waals surface area contributed by atoms with E-state index in [1.807, 2.05) is 0 Å². The number of ketones is 1. The lowest BCUT2D eigenvalue weighted by Crippen LogP contribution is -2.43. The van der Waals surface area contributed by atoms with E-state index in [2.05, 4.69) is 5.32 Å². The van der Waals surface area contributed by atoms with Crippen molar-refractivity contribution in [3.05, 3.63) is 53.3 Å². The third-order valence-electron chi connectivity index (χ3n) is 4.99. The van der Waals surface area contributed by atoms with Crippen LogP contribution in [0.5, 0.6) is 23.0 Å². The fourth-order valence-electron chi connectivity index (χ4n) is 3.32. The van der Waals surface area contributed by atoms with E-state index in [0.717, 1.165) is 0 Å². The predicted octanol–water partition coefficient (Wildman–Crippen LogP) is 1.84. The number of Topliss-reactive ketones (excluding diaryl/α,β-unsaturated/α-hetero) is 1. The number of carboxylic acids is 2. The predicted molar refractivity (Wildman–Crippen MR) is 114 cm³/mol. The van der Waals surface area contributed by atoms with Gasteiger partial charge in [-0.1, -0.05) is 6.07 Å². The van der Waals surface area contributed by atoms with Crippen molar-refractivity contribution in [1.29, 1.82) is 0 Å². The molecule has 2 heterocycles. The molecule has 2 aromatic rings. The van der Waals surface area contributed by atoms with Crippen LogP contribution in [-0.2, 0) is 14.4 Å². The molecule has 0 unspecified atom stereocenters. The molecule has 2 aliphatic rings. The van der Waals surface area contributed by atoms with Crippen LogP contribution < -0.4 is 24.3 Å². The number of fused-ring (bicyclic) bond motifs is 2. The molecule has 11 heteroatoms. The highest BCUT2D eigenvalue weighted by molar-refractivity contribution is 6.14. The summed E-state index contributed by atoms with van der Waals surface area (Å²) in [7, 11) is 0. The number of carbonyl (C=O) groups excluding carboxylic acids is 2. The van der Waals surface area contributed by atoms with Gasteiger partial charge in [0, 0.05) is 12.5 Å². The van der Waals surface area contributed by atoms with Crippen LogP contribution in [0.4, 0.5) is 0 Å². The molecule has 3 N–H and O–H groups in total. The molecule has 176 valence electrons. The molecule has 0 aliphatic carbocycles. The molecule has 34 heavy (non-hydrogen) atoms. The van der Waals surface area contributed by atoms with Crippen LogP contribution in [0.1, 0.15) is 28.8 Å². The summed E-state index contributed by atoms with van der Waals surface area (Å²) in [6.45, 7) is -0.375. The Morgan fingerprint density at radius 2 is 1.85 bits per heavy atom. The number of benzene rings is 2. The van der Waals surface area contributed by atoms with E-state index in [-0.39, 0.29) is 36.3 Å². The first-order valence-corrected chi connectivity index (χ1v) is 10.1. The Morgan fingerprint density at radius 3 is 2.62 bits per heavy atom. The molecular weight excluding hydrogens is 450 g/mol. The zero-order valence-corrected chi connectivity index (χ0v) is 17.6. The molecule has 0 saturated heterocycles. The van der Waals surface area contributed by atoms with E-state index >= 15 is 0 Å². The normalized spacial score (nSPS) is 15.4. The zero-order valence-electron chi connectivity index (χ0n) is 17.6. The number of carbonyl (C=O) groups is 4. The Labute approximate surface area is 192 Å². The second kappa shape index (κ2) is 9.53. The molecule has 0 radical (unpaired) electrons. The smallest absolute Gasteiger partial charge is 0.326 e. The Hall–Kier alpha value is -4.54. The molecule has 11 nitrogen and oxygen atoms in total.